The third kappa shape index (κ3) is 3.52. The molecule has 0 radical (unpaired) electrons. The summed E-state index contributed by atoms with van der Waals surface area (Å²) in [6.07, 6.45) is 1.49. The first kappa shape index (κ1) is 13.0. The monoisotopic (exact) mass is 263 g/mol. The average molecular weight is 263 g/mol. The predicted molar refractivity (Wildman–Crippen MR) is 66.7 cm³/mol. The molecule has 7 heteroatoms. The van der Waals surface area contributed by atoms with Crippen molar-refractivity contribution in [1.82, 2.24) is 10.5 Å². The van der Waals surface area contributed by atoms with Crippen molar-refractivity contribution >= 4 is 5.69 Å². The summed E-state index contributed by atoms with van der Waals surface area (Å²) in [6, 6.07) is 6.41. The molecule has 0 saturated carbocycles. The molecular formula is C12H13N3O4. The molecule has 0 atom stereocenters. The van der Waals surface area contributed by atoms with Crippen LogP contribution in [0.5, 0.6) is 5.75 Å². The summed E-state index contributed by atoms with van der Waals surface area (Å²) >= 11 is 0. The minimum absolute atomic E-state index is 0.0117. The van der Waals surface area contributed by atoms with Crippen molar-refractivity contribution in [2.24, 2.45) is 0 Å². The van der Waals surface area contributed by atoms with E-state index in [0.29, 0.717) is 18.8 Å². The van der Waals surface area contributed by atoms with Crippen LogP contribution in [0.4, 0.5) is 5.69 Å². The van der Waals surface area contributed by atoms with Crippen molar-refractivity contribution in [3.63, 3.8) is 0 Å². The second-order valence-corrected chi connectivity index (χ2v) is 3.89. The maximum atomic E-state index is 10.8. The Labute approximate surface area is 109 Å². The summed E-state index contributed by atoms with van der Waals surface area (Å²) in [4.78, 5) is 10.3. The Morgan fingerprint density at radius 3 is 2.89 bits per heavy atom. The molecule has 19 heavy (non-hydrogen) atoms. The van der Waals surface area contributed by atoms with Crippen molar-refractivity contribution in [3.05, 3.63) is 51.9 Å². The van der Waals surface area contributed by atoms with E-state index in [1.165, 1.54) is 25.5 Å². The molecule has 0 aliphatic carbocycles. The Kier molecular flexibility index (Phi) is 4.09. The fourth-order valence-corrected chi connectivity index (χ4v) is 1.63. The van der Waals surface area contributed by atoms with Crippen molar-refractivity contribution in [2.45, 2.75) is 13.1 Å². The van der Waals surface area contributed by atoms with Crippen LogP contribution in [0.15, 0.2) is 35.1 Å². The van der Waals surface area contributed by atoms with Gasteiger partial charge in [-0.05, 0) is 11.6 Å². The topological polar surface area (TPSA) is 90.4 Å². The lowest BCUT2D eigenvalue weighted by Gasteiger charge is -2.06. The van der Waals surface area contributed by atoms with Crippen LogP contribution < -0.4 is 10.1 Å². The molecule has 7 nitrogen and oxygen atoms in total. The summed E-state index contributed by atoms with van der Waals surface area (Å²) in [6.45, 7) is 1.01. The van der Waals surface area contributed by atoms with Gasteiger partial charge >= 0.3 is 0 Å². The van der Waals surface area contributed by atoms with Crippen LogP contribution in [-0.4, -0.2) is 17.2 Å². The second kappa shape index (κ2) is 5.96. The van der Waals surface area contributed by atoms with Crippen LogP contribution in [0.2, 0.25) is 0 Å². The molecule has 0 saturated heterocycles. The quantitative estimate of drug-likeness (QED) is 0.632. The maximum Gasteiger partial charge on any atom is 0.273 e. The summed E-state index contributed by atoms with van der Waals surface area (Å²) in [7, 11) is 1.48. The van der Waals surface area contributed by atoms with Crippen molar-refractivity contribution in [2.75, 3.05) is 7.11 Å². The van der Waals surface area contributed by atoms with Gasteiger partial charge in [0.05, 0.1) is 23.8 Å². The second-order valence-electron chi connectivity index (χ2n) is 3.89. The van der Waals surface area contributed by atoms with Crippen LogP contribution in [0.3, 0.4) is 0 Å². The zero-order valence-electron chi connectivity index (χ0n) is 10.3. The normalized spacial score (nSPS) is 10.4. The number of aromatic nitrogens is 1. The molecular weight excluding hydrogens is 250 g/mol. The number of nitrogens with one attached hydrogen (secondary N) is 1. The van der Waals surface area contributed by atoms with E-state index in [1.54, 1.807) is 12.1 Å². The van der Waals surface area contributed by atoms with E-state index in [2.05, 4.69) is 10.5 Å². The largest absolute Gasteiger partial charge is 0.496 e. The maximum absolute atomic E-state index is 10.8. The van der Waals surface area contributed by atoms with Gasteiger partial charge in [-0.25, -0.2) is 0 Å². The number of nitrogens with zero attached hydrogens (tertiary/aromatic N) is 2. The first-order valence-electron chi connectivity index (χ1n) is 5.61. The lowest BCUT2D eigenvalue weighted by Crippen LogP contribution is -2.13. The summed E-state index contributed by atoms with van der Waals surface area (Å²) in [5.74, 6) is 0.465. The zero-order valence-corrected chi connectivity index (χ0v) is 10.3. The van der Waals surface area contributed by atoms with Gasteiger partial charge < -0.3 is 14.6 Å². The lowest BCUT2D eigenvalue weighted by atomic mass is 10.2. The fourth-order valence-electron chi connectivity index (χ4n) is 1.63. The van der Waals surface area contributed by atoms with E-state index in [9.17, 15) is 10.1 Å². The molecule has 100 valence electrons. The highest BCUT2D eigenvalue weighted by atomic mass is 16.6. The molecule has 0 aliphatic heterocycles. The number of methoxy groups -OCH3 is 1. The Morgan fingerprint density at radius 1 is 1.42 bits per heavy atom. The van der Waals surface area contributed by atoms with Gasteiger partial charge in [-0.1, -0.05) is 5.16 Å². The number of nitro groups is 1. The number of hydrogen-bond donors (Lipinski definition) is 1. The van der Waals surface area contributed by atoms with Crippen LogP contribution in [0.25, 0.3) is 0 Å². The third-order valence-corrected chi connectivity index (χ3v) is 2.52. The van der Waals surface area contributed by atoms with Crippen LogP contribution in [-0.2, 0) is 13.1 Å². The van der Waals surface area contributed by atoms with Gasteiger partial charge in [0.25, 0.3) is 5.69 Å². The molecule has 1 aromatic carbocycles. The van der Waals surface area contributed by atoms with Gasteiger partial charge in [0.1, 0.15) is 12.0 Å². The third-order valence-electron chi connectivity index (χ3n) is 2.52. The summed E-state index contributed by atoms with van der Waals surface area (Å²) < 4.78 is 9.74. The van der Waals surface area contributed by atoms with Gasteiger partial charge in [-0.2, -0.15) is 0 Å². The smallest absolute Gasteiger partial charge is 0.273 e. The van der Waals surface area contributed by atoms with E-state index in [-0.39, 0.29) is 5.69 Å². The van der Waals surface area contributed by atoms with E-state index in [4.69, 9.17) is 9.26 Å². The molecule has 1 aromatic heterocycles. The van der Waals surface area contributed by atoms with E-state index < -0.39 is 4.92 Å². The SMILES string of the molecule is COc1cc(CNCc2ccon2)cc([N+](=O)[O-])c1. The Bertz CT molecular complexity index is 554. The summed E-state index contributed by atoms with van der Waals surface area (Å²) in [5.41, 5.74) is 1.56. The highest BCUT2D eigenvalue weighted by molar-refractivity contribution is 5.42. The highest BCUT2D eigenvalue weighted by Gasteiger charge is 2.10. The van der Waals surface area contributed by atoms with Crippen molar-refractivity contribution in [3.8, 4) is 5.75 Å². The Hall–Kier alpha value is -2.41. The van der Waals surface area contributed by atoms with Crippen LogP contribution in [0.1, 0.15) is 11.3 Å². The Morgan fingerprint density at radius 2 is 2.26 bits per heavy atom. The number of non-ortho nitro benzene ring substituents is 1. The fraction of sp³-hybridized carbons (Fsp3) is 0.250. The Balaban J connectivity index is 2.02. The van der Waals surface area contributed by atoms with E-state index in [0.717, 1.165) is 11.3 Å². The molecule has 2 aromatic rings. The number of nitro benzene ring substituents is 1. The van der Waals surface area contributed by atoms with Crippen LogP contribution >= 0.6 is 0 Å². The molecule has 1 N–H and O–H groups in total. The van der Waals surface area contributed by atoms with Gasteiger partial charge in [0.2, 0.25) is 0 Å². The lowest BCUT2D eigenvalue weighted by molar-refractivity contribution is -0.385. The zero-order chi connectivity index (χ0) is 13.7. The molecule has 0 bridgehead atoms. The summed E-state index contributed by atoms with van der Waals surface area (Å²) in [5, 5.41) is 17.7. The first-order chi connectivity index (χ1) is 9.19. The molecule has 0 spiro atoms. The highest BCUT2D eigenvalue weighted by Crippen LogP contribution is 2.22. The van der Waals surface area contributed by atoms with Gasteiger partial charge in [-0.3, -0.25) is 10.1 Å². The minimum Gasteiger partial charge on any atom is -0.496 e. The minimum atomic E-state index is -0.441. The van der Waals surface area contributed by atoms with Gasteiger partial charge in [0.15, 0.2) is 0 Å². The standard InChI is InChI=1S/C12H13N3O4/c1-18-12-5-9(4-11(6-12)15(16)17)7-13-8-10-2-3-19-14-10/h2-6,13H,7-8H2,1H3. The first-order valence-corrected chi connectivity index (χ1v) is 5.61. The number of ether oxygens (including phenoxy) is 1. The molecule has 0 unspecified atom stereocenters. The molecule has 2 rings (SSSR count). The number of hydrogen-bond acceptors (Lipinski definition) is 6. The molecule has 0 amide bonds. The predicted octanol–water partition coefficient (Wildman–Crippen LogP) is 1.88. The van der Waals surface area contributed by atoms with E-state index >= 15 is 0 Å². The van der Waals surface area contributed by atoms with Crippen LogP contribution in [0, 0.1) is 10.1 Å². The number of benzene rings is 1. The molecule has 1 heterocycles. The van der Waals surface area contributed by atoms with E-state index in [1.807, 2.05) is 0 Å². The average Bonchev–Trinajstić information content (AvgIpc) is 2.91. The van der Waals surface area contributed by atoms with Gasteiger partial charge in [-0.15, -0.1) is 0 Å². The molecule has 0 aliphatic rings. The van der Waals surface area contributed by atoms with Crippen molar-refractivity contribution in [1.29, 1.82) is 0 Å². The van der Waals surface area contributed by atoms with Gasteiger partial charge in [0, 0.05) is 25.2 Å². The molecule has 0 fully saturated rings. The number of rotatable bonds is 6. The van der Waals surface area contributed by atoms with Crippen molar-refractivity contribution < 1.29 is 14.2 Å².